The number of para-hydroxylation sites is 2. The molecule has 3 heterocycles. The molecule has 32 heavy (non-hydrogen) atoms. The van der Waals surface area contributed by atoms with Crippen molar-refractivity contribution in [2.45, 2.75) is 26.2 Å². The van der Waals surface area contributed by atoms with E-state index in [-0.39, 0.29) is 17.8 Å². The zero-order valence-corrected chi connectivity index (χ0v) is 17.4. The molecule has 0 saturated carbocycles. The Balaban J connectivity index is 1.51. The topological polar surface area (TPSA) is 121 Å². The van der Waals surface area contributed by atoms with Gasteiger partial charge in [0.15, 0.2) is 5.78 Å². The van der Waals surface area contributed by atoms with E-state index >= 15 is 0 Å². The summed E-state index contributed by atoms with van der Waals surface area (Å²) >= 11 is 0. The number of fused-ring (bicyclic) bond motifs is 1. The number of H-pyrrole nitrogens is 2. The number of Topliss-reactive ketones (excluding diaryl/α,β-unsaturated/α-hetero) is 1. The van der Waals surface area contributed by atoms with Gasteiger partial charge < -0.3 is 4.98 Å². The summed E-state index contributed by atoms with van der Waals surface area (Å²) in [7, 11) is 0. The summed E-state index contributed by atoms with van der Waals surface area (Å²) in [6.45, 7) is 3.14. The number of aromatic amines is 2. The summed E-state index contributed by atoms with van der Waals surface area (Å²) in [5.41, 5.74) is 2.65. The van der Waals surface area contributed by atoms with Gasteiger partial charge in [0.2, 0.25) is 17.8 Å². The van der Waals surface area contributed by atoms with Crippen molar-refractivity contribution in [1.82, 2.24) is 19.7 Å². The number of nitrogens with zero attached hydrogens (tertiary/aromatic N) is 3. The zero-order chi connectivity index (χ0) is 22.6. The number of nitrogens with one attached hydrogen (secondary N) is 2. The fourth-order valence-corrected chi connectivity index (χ4v) is 4.14. The van der Waals surface area contributed by atoms with E-state index < -0.39 is 23.3 Å². The van der Waals surface area contributed by atoms with Crippen LogP contribution in [0.4, 0.5) is 5.69 Å². The minimum atomic E-state index is -0.899. The number of carbonyl (C=O) groups is 3. The van der Waals surface area contributed by atoms with Crippen LogP contribution < -0.4 is 10.5 Å². The lowest BCUT2D eigenvalue weighted by atomic mass is 9.98. The van der Waals surface area contributed by atoms with Crippen LogP contribution in [0, 0.1) is 6.92 Å². The fraction of sp³-hybridized carbons (Fsp3) is 0.174. The van der Waals surface area contributed by atoms with Crippen LogP contribution >= 0.6 is 0 Å². The number of aromatic nitrogens is 4. The monoisotopic (exact) mass is 429 g/mol. The van der Waals surface area contributed by atoms with Gasteiger partial charge in [0.25, 0.3) is 5.56 Å². The van der Waals surface area contributed by atoms with Gasteiger partial charge in [0.05, 0.1) is 28.2 Å². The number of hydrogen-bond acceptors (Lipinski definition) is 5. The standard InChI is InChI=1S/C23H19N5O4/c1-12-20(22(32)28(26-12)23-24-17-5-3-4-6-18(17)25-23)16-11-19(30)27(21(16)31)15-9-7-14(8-10-15)13(2)29/h3-10,16,26H,11H2,1-2H3,(H,24,25)/t16-/m1/s1. The van der Waals surface area contributed by atoms with Gasteiger partial charge in [-0.2, -0.15) is 4.68 Å². The molecule has 1 atom stereocenters. The van der Waals surface area contributed by atoms with E-state index in [2.05, 4.69) is 15.1 Å². The van der Waals surface area contributed by atoms with Crippen LogP contribution in [0.1, 0.15) is 40.9 Å². The Morgan fingerprint density at radius 1 is 1.06 bits per heavy atom. The Labute approximate surface area is 181 Å². The summed E-state index contributed by atoms with van der Waals surface area (Å²) in [5.74, 6) is -1.57. The van der Waals surface area contributed by atoms with Gasteiger partial charge in [-0.1, -0.05) is 12.1 Å². The minimum absolute atomic E-state index is 0.109. The second-order valence-electron chi connectivity index (χ2n) is 7.80. The normalized spacial score (nSPS) is 16.3. The molecule has 0 bridgehead atoms. The van der Waals surface area contributed by atoms with Crippen LogP contribution in [0.5, 0.6) is 0 Å². The number of carbonyl (C=O) groups excluding carboxylic acids is 3. The maximum absolute atomic E-state index is 13.2. The average molecular weight is 429 g/mol. The van der Waals surface area contributed by atoms with Gasteiger partial charge in [-0.05, 0) is 50.2 Å². The maximum Gasteiger partial charge on any atom is 0.278 e. The maximum atomic E-state index is 13.2. The molecule has 2 N–H and O–H groups in total. The molecule has 1 saturated heterocycles. The Morgan fingerprint density at radius 3 is 2.47 bits per heavy atom. The summed E-state index contributed by atoms with van der Waals surface area (Å²) in [5, 5.41) is 2.97. The first-order chi connectivity index (χ1) is 15.3. The van der Waals surface area contributed by atoms with E-state index in [1.54, 1.807) is 31.2 Å². The summed E-state index contributed by atoms with van der Waals surface area (Å²) in [4.78, 5) is 59.2. The lowest BCUT2D eigenvalue weighted by Gasteiger charge is -2.15. The summed E-state index contributed by atoms with van der Waals surface area (Å²) in [6, 6.07) is 13.6. The number of rotatable bonds is 4. The SMILES string of the molecule is CC(=O)c1ccc(N2C(=O)C[C@H](c3c(C)[nH]n(-c4nc5ccccc5[nH]4)c3=O)C2=O)cc1. The van der Waals surface area contributed by atoms with Crippen LogP contribution in [0.25, 0.3) is 17.0 Å². The molecule has 2 aromatic carbocycles. The molecule has 0 unspecified atom stereocenters. The number of anilines is 1. The van der Waals surface area contributed by atoms with Crippen molar-refractivity contribution < 1.29 is 14.4 Å². The molecule has 9 heteroatoms. The van der Waals surface area contributed by atoms with Crippen LogP contribution in [0.3, 0.4) is 0 Å². The van der Waals surface area contributed by atoms with Gasteiger partial charge in [0, 0.05) is 17.7 Å². The number of imide groups is 1. The van der Waals surface area contributed by atoms with E-state index in [1.165, 1.54) is 11.6 Å². The molecule has 2 amide bonds. The fourth-order valence-electron chi connectivity index (χ4n) is 4.14. The number of aryl methyl sites for hydroxylation is 1. The van der Waals surface area contributed by atoms with Crippen molar-refractivity contribution in [1.29, 1.82) is 0 Å². The lowest BCUT2D eigenvalue weighted by molar-refractivity contribution is -0.121. The second kappa shape index (κ2) is 7.16. The number of benzene rings is 2. The molecule has 5 rings (SSSR count). The first-order valence-corrected chi connectivity index (χ1v) is 10.1. The van der Waals surface area contributed by atoms with E-state index in [0.717, 1.165) is 10.4 Å². The molecule has 1 aliphatic rings. The van der Waals surface area contributed by atoms with Crippen molar-refractivity contribution in [2.75, 3.05) is 4.90 Å². The Kier molecular flexibility index (Phi) is 4.40. The van der Waals surface area contributed by atoms with Crippen molar-refractivity contribution in [3.63, 3.8) is 0 Å². The predicted molar refractivity (Wildman–Crippen MR) is 117 cm³/mol. The molecule has 4 aromatic rings. The number of amides is 2. The average Bonchev–Trinajstić information content (AvgIpc) is 3.41. The molecule has 2 aromatic heterocycles. The molecule has 1 fully saturated rings. The first-order valence-electron chi connectivity index (χ1n) is 10.1. The smallest absolute Gasteiger partial charge is 0.278 e. The highest BCUT2D eigenvalue weighted by Gasteiger charge is 2.43. The molecule has 9 nitrogen and oxygen atoms in total. The quantitative estimate of drug-likeness (QED) is 0.382. The van der Waals surface area contributed by atoms with E-state index in [0.29, 0.717) is 28.4 Å². The van der Waals surface area contributed by atoms with Crippen LogP contribution in [-0.2, 0) is 9.59 Å². The molecular formula is C23H19N5O4. The van der Waals surface area contributed by atoms with E-state index in [1.807, 2.05) is 24.3 Å². The Bertz CT molecular complexity index is 1420. The third kappa shape index (κ3) is 2.97. The third-order valence-electron chi connectivity index (χ3n) is 5.73. The van der Waals surface area contributed by atoms with Gasteiger partial charge in [-0.15, -0.1) is 0 Å². The Morgan fingerprint density at radius 2 is 1.78 bits per heavy atom. The van der Waals surface area contributed by atoms with Crippen molar-refractivity contribution in [2.24, 2.45) is 0 Å². The van der Waals surface area contributed by atoms with Gasteiger partial charge in [0.1, 0.15) is 0 Å². The second-order valence-corrected chi connectivity index (χ2v) is 7.80. The predicted octanol–water partition coefficient (Wildman–Crippen LogP) is 2.60. The number of imidazole rings is 1. The van der Waals surface area contributed by atoms with Crippen LogP contribution in [-0.4, -0.2) is 37.3 Å². The first kappa shape index (κ1) is 19.7. The van der Waals surface area contributed by atoms with Gasteiger partial charge >= 0.3 is 0 Å². The highest BCUT2D eigenvalue weighted by Crippen LogP contribution is 2.33. The van der Waals surface area contributed by atoms with Crippen molar-refractivity contribution in [3.05, 3.63) is 75.7 Å². The highest BCUT2D eigenvalue weighted by atomic mass is 16.2. The molecule has 160 valence electrons. The van der Waals surface area contributed by atoms with Crippen LogP contribution in [0.15, 0.2) is 53.3 Å². The van der Waals surface area contributed by atoms with Crippen molar-refractivity contribution in [3.8, 4) is 5.95 Å². The van der Waals surface area contributed by atoms with Gasteiger partial charge in [-0.3, -0.25) is 29.2 Å². The molecular weight excluding hydrogens is 410 g/mol. The van der Waals surface area contributed by atoms with E-state index in [9.17, 15) is 19.2 Å². The lowest BCUT2D eigenvalue weighted by Crippen LogP contribution is -2.31. The van der Waals surface area contributed by atoms with E-state index in [4.69, 9.17) is 0 Å². The van der Waals surface area contributed by atoms with Gasteiger partial charge in [-0.25, -0.2) is 4.98 Å². The number of ketones is 1. The van der Waals surface area contributed by atoms with Crippen molar-refractivity contribution >= 4 is 34.3 Å². The highest BCUT2D eigenvalue weighted by molar-refractivity contribution is 6.22. The minimum Gasteiger partial charge on any atom is -0.322 e. The van der Waals surface area contributed by atoms with Crippen LogP contribution in [0.2, 0.25) is 0 Å². The zero-order valence-electron chi connectivity index (χ0n) is 17.4. The third-order valence-corrected chi connectivity index (χ3v) is 5.73. The summed E-state index contributed by atoms with van der Waals surface area (Å²) < 4.78 is 1.26. The Hall–Kier alpha value is -4.27. The molecule has 0 aliphatic carbocycles. The molecule has 0 spiro atoms. The summed E-state index contributed by atoms with van der Waals surface area (Å²) in [6.07, 6.45) is -0.110. The number of hydrogen-bond donors (Lipinski definition) is 2. The largest absolute Gasteiger partial charge is 0.322 e. The molecule has 1 aliphatic heterocycles. The molecule has 0 radical (unpaired) electrons.